The standard InChI is InChI=1S/C10H16N4O/c1-7-6-9(11)13-10(12-7)14-4-2-8(15)3-5-14/h6,8,15H,2-5H2,1H3,(H2,11,12,13). The Morgan fingerprint density at radius 1 is 1.40 bits per heavy atom. The molecule has 0 bridgehead atoms. The average Bonchev–Trinajstić information content (AvgIpc) is 2.17. The molecule has 1 fully saturated rings. The zero-order valence-electron chi connectivity index (χ0n) is 8.85. The second-order valence-corrected chi connectivity index (χ2v) is 3.95. The molecule has 1 saturated heterocycles. The van der Waals surface area contributed by atoms with Crippen LogP contribution in [0.1, 0.15) is 18.5 Å². The van der Waals surface area contributed by atoms with Gasteiger partial charge in [-0.3, -0.25) is 0 Å². The summed E-state index contributed by atoms with van der Waals surface area (Å²) in [5.41, 5.74) is 6.54. The summed E-state index contributed by atoms with van der Waals surface area (Å²) in [6.07, 6.45) is 1.37. The number of aryl methyl sites for hydroxylation is 1. The average molecular weight is 208 g/mol. The normalized spacial score (nSPS) is 18.1. The van der Waals surface area contributed by atoms with E-state index >= 15 is 0 Å². The number of aliphatic hydroxyl groups is 1. The summed E-state index contributed by atoms with van der Waals surface area (Å²) in [5, 5.41) is 9.39. The number of rotatable bonds is 1. The third kappa shape index (κ3) is 2.36. The molecule has 3 N–H and O–H groups in total. The number of aromatic nitrogens is 2. The second kappa shape index (κ2) is 4.02. The number of anilines is 2. The Balaban J connectivity index is 2.15. The van der Waals surface area contributed by atoms with Crippen LogP contribution in [0.15, 0.2) is 6.07 Å². The van der Waals surface area contributed by atoms with E-state index in [1.807, 2.05) is 6.92 Å². The molecule has 1 aliphatic rings. The van der Waals surface area contributed by atoms with E-state index in [-0.39, 0.29) is 6.10 Å². The minimum absolute atomic E-state index is 0.177. The van der Waals surface area contributed by atoms with Gasteiger partial charge in [-0.2, -0.15) is 4.98 Å². The van der Waals surface area contributed by atoms with E-state index in [4.69, 9.17) is 5.73 Å². The van der Waals surface area contributed by atoms with Crippen molar-refractivity contribution in [1.82, 2.24) is 9.97 Å². The molecule has 1 aliphatic heterocycles. The van der Waals surface area contributed by atoms with Crippen molar-refractivity contribution >= 4 is 11.8 Å². The Bertz CT molecular complexity index is 327. The monoisotopic (exact) mass is 208 g/mol. The van der Waals surface area contributed by atoms with Crippen molar-refractivity contribution in [3.05, 3.63) is 11.8 Å². The summed E-state index contributed by atoms with van der Waals surface area (Å²) in [6.45, 7) is 3.49. The molecule has 1 aromatic rings. The lowest BCUT2D eigenvalue weighted by molar-refractivity contribution is 0.145. The summed E-state index contributed by atoms with van der Waals surface area (Å²) in [5.74, 6) is 1.18. The van der Waals surface area contributed by atoms with Crippen LogP contribution in [-0.2, 0) is 0 Å². The molecule has 2 rings (SSSR count). The molecule has 1 aromatic heterocycles. The first-order chi connectivity index (χ1) is 7.15. The molecule has 0 aliphatic carbocycles. The lowest BCUT2D eigenvalue weighted by Gasteiger charge is -2.29. The Morgan fingerprint density at radius 3 is 2.67 bits per heavy atom. The van der Waals surface area contributed by atoms with Gasteiger partial charge >= 0.3 is 0 Å². The zero-order valence-corrected chi connectivity index (χ0v) is 8.85. The topological polar surface area (TPSA) is 75.3 Å². The molecule has 82 valence electrons. The van der Waals surface area contributed by atoms with Crippen LogP contribution in [0, 0.1) is 6.92 Å². The maximum absolute atomic E-state index is 9.39. The Morgan fingerprint density at radius 2 is 2.07 bits per heavy atom. The van der Waals surface area contributed by atoms with Crippen LogP contribution in [0.2, 0.25) is 0 Å². The van der Waals surface area contributed by atoms with E-state index in [1.54, 1.807) is 6.07 Å². The highest BCUT2D eigenvalue weighted by Crippen LogP contribution is 2.17. The predicted molar refractivity (Wildman–Crippen MR) is 58.6 cm³/mol. The summed E-state index contributed by atoms with van der Waals surface area (Å²) < 4.78 is 0. The van der Waals surface area contributed by atoms with Crippen LogP contribution in [0.5, 0.6) is 0 Å². The van der Waals surface area contributed by atoms with Crippen molar-refractivity contribution in [3.8, 4) is 0 Å². The highest BCUT2D eigenvalue weighted by Gasteiger charge is 2.19. The summed E-state index contributed by atoms with van der Waals surface area (Å²) in [4.78, 5) is 10.6. The van der Waals surface area contributed by atoms with E-state index < -0.39 is 0 Å². The lowest BCUT2D eigenvalue weighted by Crippen LogP contribution is -2.37. The molecule has 5 heteroatoms. The molecule has 0 spiro atoms. The predicted octanol–water partition coefficient (Wildman–Crippen LogP) is 0.328. The molecule has 15 heavy (non-hydrogen) atoms. The number of nitrogens with two attached hydrogens (primary N) is 1. The Kier molecular flexibility index (Phi) is 2.73. The molecule has 2 heterocycles. The van der Waals surface area contributed by atoms with Crippen LogP contribution in [0.4, 0.5) is 11.8 Å². The van der Waals surface area contributed by atoms with Crippen molar-refractivity contribution in [2.75, 3.05) is 23.7 Å². The minimum Gasteiger partial charge on any atom is -0.393 e. The number of hydrogen-bond acceptors (Lipinski definition) is 5. The maximum atomic E-state index is 9.39. The van der Waals surface area contributed by atoms with Gasteiger partial charge in [0.25, 0.3) is 0 Å². The van der Waals surface area contributed by atoms with Gasteiger partial charge in [0, 0.05) is 24.8 Å². The highest BCUT2D eigenvalue weighted by atomic mass is 16.3. The summed E-state index contributed by atoms with van der Waals surface area (Å²) >= 11 is 0. The van der Waals surface area contributed by atoms with Gasteiger partial charge in [0.05, 0.1) is 6.10 Å². The number of hydrogen-bond donors (Lipinski definition) is 2. The largest absolute Gasteiger partial charge is 0.393 e. The number of piperidine rings is 1. The fourth-order valence-electron chi connectivity index (χ4n) is 1.78. The molecule has 0 amide bonds. The highest BCUT2D eigenvalue weighted by molar-refractivity contribution is 5.40. The fraction of sp³-hybridized carbons (Fsp3) is 0.600. The van der Waals surface area contributed by atoms with Gasteiger partial charge in [0.2, 0.25) is 5.95 Å². The first-order valence-electron chi connectivity index (χ1n) is 5.19. The number of aliphatic hydroxyl groups excluding tert-OH is 1. The van der Waals surface area contributed by atoms with Gasteiger partial charge in [-0.05, 0) is 19.8 Å². The first kappa shape index (κ1) is 10.2. The second-order valence-electron chi connectivity index (χ2n) is 3.95. The molecule has 0 atom stereocenters. The van der Waals surface area contributed by atoms with E-state index in [2.05, 4.69) is 14.9 Å². The van der Waals surface area contributed by atoms with Gasteiger partial charge in [-0.1, -0.05) is 0 Å². The summed E-state index contributed by atoms with van der Waals surface area (Å²) in [7, 11) is 0. The van der Waals surface area contributed by atoms with Crippen molar-refractivity contribution in [1.29, 1.82) is 0 Å². The molecule has 0 unspecified atom stereocenters. The SMILES string of the molecule is Cc1cc(N)nc(N2CCC(O)CC2)n1. The molecular formula is C10H16N4O. The third-order valence-corrected chi connectivity index (χ3v) is 2.61. The quantitative estimate of drug-likeness (QED) is 0.695. The van der Waals surface area contributed by atoms with E-state index in [1.165, 1.54) is 0 Å². The van der Waals surface area contributed by atoms with Crippen LogP contribution < -0.4 is 10.6 Å². The Labute approximate surface area is 88.9 Å². The van der Waals surface area contributed by atoms with Gasteiger partial charge in [0.15, 0.2) is 0 Å². The van der Waals surface area contributed by atoms with Crippen molar-refractivity contribution in [2.24, 2.45) is 0 Å². The van der Waals surface area contributed by atoms with Crippen LogP contribution in [0.25, 0.3) is 0 Å². The van der Waals surface area contributed by atoms with Crippen LogP contribution in [0.3, 0.4) is 0 Å². The van der Waals surface area contributed by atoms with Crippen LogP contribution in [-0.4, -0.2) is 34.3 Å². The smallest absolute Gasteiger partial charge is 0.227 e. The molecule has 0 radical (unpaired) electrons. The molecule has 0 saturated carbocycles. The zero-order chi connectivity index (χ0) is 10.8. The Hall–Kier alpha value is -1.36. The van der Waals surface area contributed by atoms with Gasteiger partial charge in [0.1, 0.15) is 5.82 Å². The van der Waals surface area contributed by atoms with Crippen molar-refractivity contribution in [2.45, 2.75) is 25.9 Å². The molecule has 0 aromatic carbocycles. The van der Waals surface area contributed by atoms with Gasteiger partial charge in [-0.25, -0.2) is 4.98 Å². The molecular weight excluding hydrogens is 192 g/mol. The van der Waals surface area contributed by atoms with Gasteiger partial charge in [-0.15, -0.1) is 0 Å². The maximum Gasteiger partial charge on any atom is 0.227 e. The number of nitrogen functional groups attached to an aromatic ring is 1. The van der Waals surface area contributed by atoms with E-state index in [0.717, 1.165) is 31.6 Å². The first-order valence-corrected chi connectivity index (χ1v) is 5.19. The minimum atomic E-state index is -0.177. The number of nitrogens with zero attached hydrogens (tertiary/aromatic N) is 3. The van der Waals surface area contributed by atoms with Crippen molar-refractivity contribution in [3.63, 3.8) is 0 Å². The lowest BCUT2D eigenvalue weighted by atomic mass is 10.1. The van der Waals surface area contributed by atoms with Gasteiger partial charge < -0.3 is 15.7 Å². The van der Waals surface area contributed by atoms with E-state index in [9.17, 15) is 5.11 Å². The van der Waals surface area contributed by atoms with E-state index in [0.29, 0.717) is 11.8 Å². The third-order valence-electron chi connectivity index (χ3n) is 2.61. The fourth-order valence-corrected chi connectivity index (χ4v) is 1.78. The van der Waals surface area contributed by atoms with Crippen molar-refractivity contribution < 1.29 is 5.11 Å². The molecule has 5 nitrogen and oxygen atoms in total. The van der Waals surface area contributed by atoms with Crippen LogP contribution >= 0.6 is 0 Å². The summed E-state index contributed by atoms with van der Waals surface area (Å²) in [6, 6.07) is 1.75.